The number of fused-ring (bicyclic) bond motifs is 1. The van der Waals surface area contributed by atoms with Crippen LogP contribution in [0.1, 0.15) is 29.3 Å². The quantitative estimate of drug-likeness (QED) is 0.516. The Kier molecular flexibility index (Phi) is 6.07. The van der Waals surface area contributed by atoms with Gasteiger partial charge in [-0.25, -0.2) is 14.4 Å². The van der Waals surface area contributed by atoms with E-state index < -0.39 is 30.5 Å². The number of alkyl halides is 3. The van der Waals surface area contributed by atoms with Gasteiger partial charge >= 0.3 is 6.61 Å². The van der Waals surface area contributed by atoms with Crippen LogP contribution in [0.25, 0.3) is 11.0 Å². The van der Waals surface area contributed by atoms with Crippen LogP contribution in [0.4, 0.5) is 30.5 Å². The van der Waals surface area contributed by atoms with Crippen molar-refractivity contribution in [2.45, 2.75) is 32.5 Å². The number of nitrogens with zero attached hydrogens (tertiary/aromatic N) is 4. The number of hydrogen-bond acceptors (Lipinski definition) is 6. The Morgan fingerprint density at radius 1 is 1.35 bits per heavy atom. The van der Waals surface area contributed by atoms with E-state index >= 15 is 0 Å². The molecule has 1 aliphatic rings. The number of nitrogens with one attached hydrogen (secondary N) is 1. The molecule has 3 N–H and O–H groups in total. The first-order valence-electron chi connectivity index (χ1n) is 10.5. The SMILES string of the molecule is CCc1cc(C(N)=O)c(OC(F)F)cc1N(C)c1cc2c(ncn2C)c(NC(=O)[C@H]2C[C@H]2F)n1. The number of pyridine rings is 1. The first-order valence-corrected chi connectivity index (χ1v) is 10.5. The smallest absolute Gasteiger partial charge is 0.387 e. The van der Waals surface area contributed by atoms with Gasteiger partial charge in [0.25, 0.3) is 5.91 Å². The van der Waals surface area contributed by atoms with Crippen LogP contribution in [0.3, 0.4) is 0 Å². The van der Waals surface area contributed by atoms with E-state index in [4.69, 9.17) is 5.73 Å². The lowest BCUT2D eigenvalue weighted by Gasteiger charge is -2.24. The molecular formula is C22H23F3N6O3. The van der Waals surface area contributed by atoms with E-state index in [9.17, 15) is 22.8 Å². The van der Waals surface area contributed by atoms with Gasteiger partial charge in [0.1, 0.15) is 23.3 Å². The summed E-state index contributed by atoms with van der Waals surface area (Å²) in [6, 6.07) is 4.42. The van der Waals surface area contributed by atoms with E-state index in [2.05, 4.69) is 20.0 Å². The topological polar surface area (TPSA) is 115 Å². The predicted octanol–water partition coefficient (Wildman–Crippen LogP) is 3.30. The molecule has 1 aliphatic carbocycles. The molecule has 12 heteroatoms. The maximum Gasteiger partial charge on any atom is 0.387 e. The van der Waals surface area contributed by atoms with Crippen LogP contribution in [-0.4, -0.2) is 46.2 Å². The number of anilines is 3. The number of primary amides is 1. The van der Waals surface area contributed by atoms with Gasteiger partial charge in [0.15, 0.2) is 5.82 Å². The fraction of sp³-hybridized carbons (Fsp3) is 0.364. The second-order valence-electron chi connectivity index (χ2n) is 8.03. The Balaban J connectivity index is 1.80. The first-order chi connectivity index (χ1) is 16.1. The van der Waals surface area contributed by atoms with E-state index in [0.29, 0.717) is 34.5 Å². The molecule has 4 rings (SSSR count). The van der Waals surface area contributed by atoms with Crippen molar-refractivity contribution in [2.24, 2.45) is 18.7 Å². The molecule has 1 fully saturated rings. The molecule has 0 unspecified atom stereocenters. The third-order valence-corrected chi connectivity index (χ3v) is 5.74. The second kappa shape index (κ2) is 8.84. The molecule has 2 heterocycles. The summed E-state index contributed by atoms with van der Waals surface area (Å²) in [7, 11) is 3.41. The Labute approximate surface area is 192 Å². The van der Waals surface area contributed by atoms with Gasteiger partial charge in [-0.2, -0.15) is 8.78 Å². The predicted molar refractivity (Wildman–Crippen MR) is 119 cm³/mol. The fourth-order valence-electron chi connectivity index (χ4n) is 3.74. The normalized spacial score (nSPS) is 17.1. The number of aromatic nitrogens is 3. The van der Waals surface area contributed by atoms with Gasteiger partial charge in [0, 0.05) is 31.9 Å². The van der Waals surface area contributed by atoms with Gasteiger partial charge in [0.2, 0.25) is 5.91 Å². The summed E-state index contributed by atoms with van der Waals surface area (Å²) in [5, 5.41) is 2.65. The summed E-state index contributed by atoms with van der Waals surface area (Å²) in [5.41, 5.74) is 7.33. The Hall–Kier alpha value is -3.83. The molecule has 2 aromatic heterocycles. The van der Waals surface area contributed by atoms with E-state index in [1.807, 2.05) is 6.92 Å². The van der Waals surface area contributed by atoms with Gasteiger partial charge in [-0.05, 0) is 24.5 Å². The van der Waals surface area contributed by atoms with Crippen LogP contribution in [-0.2, 0) is 18.3 Å². The van der Waals surface area contributed by atoms with E-state index in [1.165, 1.54) is 12.1 Å². The lowest BCUT2D eigenvalue weighted by molar-refractivity contribution is -0.117. The third-order valence-electron chi connectivity index (χ3n) is 5.74. The van der Waals surface area contributed by atoms with Crippen molar-refractivity contribution in [3.8, 4) is 5.75 Å². The van der Waals surface area contributed by atoms with Crippen LogP contribution in [0.15, 0.2) is 24.5 Å². The zero-order chi connectivity index (χ0) is 24.7. The van der Waals surface area contributed by atoms with Crippen LogP contribution in [0.2, 0.25) is 0 Å². The highest BCUT2D eigenvalue weighted by atomic mass is 19.3. The zero-order valence-corrected chi connectivity index (χ0v) is 18.7. The summed E-state index contributed by atoms with van der Waals surface area (Å²) >= 11 is 0. The van der Waals surface area contributed by atoms with E-state index in [1.54, 1.807) is 36.0 Å². The first kappa shape index (κ1) is 23.3. The van der Waals surface area contributed by atoms with E-state index in [0.717, 1.165) is 0 Å². The van der Waals surface area contributed by atoms with Crippen LogP contribution in [0, 0.1) is 5.92 Å². The zero-order valence-electron chi connectivity index (χ0n) is 18.7. The molecule has 3 aromatic rings. The molecule has 2 atom stereocenters. The van der Waals surface area contributed by atoms with Crippen molar-refractivity contribution in [3.63, 3.8) is 0 Å². The molecule has 9 nitrogen and oxygen atoms in total. The van der Waals surface area contributed by atoms with Crippen molar-refractivity contribution >= 4 is 40.2 Å². The summed E-state index contributed by atoms with van der Waals surface area (Å²) in [6.45, 7) is -1.33. The van der Waals surface area contributed by atoms with Crippen LogP contribution in [0.5, 0.6) is 5.75 Å². The molecule has 2 amide bonds. The number of imidazole rings is 1. The molecule has 34 heavy (non-hydrogen) atoms. The number of amides is 2. The largest absolute Gasteiger partial charge is 0.434 e. The average Bonchev–Trinajstić information content (AvgIpc) is 3.41. The Morgan fingerprint density at radius 3 is 2.65 bits per heavy atom. The fourth-order valence-corrected chi connectivity index (χ4v) is 3.74. The van der Waals surface area contributed by atoms with Crippen LogP contribution >= 0.6 is 0 Å². The van der Waals surface area contributed by atoms with Gasteiger partial charge in [-0.1, -0.05) is 6.92 Å². The molecule has 1 aromatic carbocycles. The minimum atomic E-state index is -3.16. The summed E-state index contributed by atoms with van der Waals surface area (Å²) in [4.78, 5) is 34.6. The highest BCUT2D eigenvalue weighted by molar-refractivity contribution is 6.01. The number of carbonyl (C=O) groups excluding carboxylic acids is 2. The summed E-state index contributed by atoms with van der Waals surface area (Å²) in [5.74, 6) is -1.96. The number of ether oxygens (including phenoxy) is 1. The number of rotatable bonds is 8. The number of nitrogens with two attached hydrogens (primary N) is 1. The Morgan fingerprint density at radius 2 is 2.06 bits per heavy atom. The van der Waals surface area contributed by atoms with Gasteiger partial charge < -0.3 is 25.3 Å². The maximum absolute atomic E-state index is 13.4. The standard InChI is InChI=1S/C22H23F3N6O3/c1-4-10-5-12(19(26)32)16(34-22(24)25)7-14(10)31(3)17-8-15-18(27-9-30(15)2)20(28-17)29-21(33)11-6-13(11)23/h5,7-9,11,13,22H,4,6H2,1-3H3,(H2,26,32)(H,28,29,33)/t11-,13+/m0/s1. The summed E-state index contributed by atoms with van der Waals surface area (Å²) in [6.07, 6.45) is 0.991. The van der Waals surface area contributed by atoms with Crippen molar-refractivity contribution < 1.29 is 27.5 Å². The van der Waals surface area contributed by atoms with E-state index in [-0.39, 0.29) is 23.6 Å². The molecule has 0 radical (unpaired) electrons. The minimum absolute atomic E-state index is 0.153. The van der Waals surface area contributed by atoms with Crippen molar-refractivity contribution in [1.29, 1.82) is 0 Å². The molecule has 0 saturated heterocycles. The van der Waals surface area contributed by atoms with Gasteiger partial charge in [-0.15, -0.1) is 0 Å². The lowest BCUT2D eigenvalue weighted by Crippen LogP contribution is -2.20. The number of hydrogen-bond donors (Lipinski definition) is 2. The maximum atomic E-state index is 13.4. The van der Waals surface area contributed by atoms with Gasteiger partial charge in [0.05, 0.1) is 23.3 Å². The van der Waals surface area contributed by atoms with Gasteiger partial charge in [-0.3, -0.25) is 9.59 Å². The molecule has 0 aliphatic heterocycles. The Bertz CT molecular complexity index is 1280. The number of aryl methyl sites for hydroxylation is 2. The number of benzene rings is 1. The minimum Gasteiger partial charge on any atom is -0.434 e. The monoisotopic (exact) mass is 476 g/mol. The van der Waals surface area contributed by atoms with Crippen LogP contribution < -0.4 is 20.7 Å². The summed E-state index contributed by atoms with van der Waals surface area (Å²) < 4.78 is 45.6. The van der Waals surface area contributed by atoms with Crippen molar-refractivity contribution in [1.82, 2.24) is 14.5 Å². The lowest BCUT2D eigenvalue weighted by atomic mass is 10.0. The van der Waals surface area contributed by atoms with Crippen molar-refractivity contribution in [3.05, 3.63) is 35.7 Å². The molecule has 0 spiro atoms. The molecule has 180 valence electrons. The third kappa shape index (κ3) is 4.35. The second-order valence-corrected chi connectivity index (χ2v) is 8.03. The molecular weight excluding hydrogens is 453 g/mol. The highest BCUT2D eigenvalue weighted by Gasteiger charge is 2.44. The molecule has 1 saturated carbocycles. The van der Waals surface area contributed by atoms with Crippen molar-refractivity contribution in [2.75, 3.05) is 17.3 Å². The molecule has 0 bridgehead atoms. The number of carbonyl (C=O) groups is 2. The average molecular weight is 476 g/mol. The number of halogens is 3. The highest BCUT2D eigenvalue weighted by Crippen LogP contribution is 2.37.